The van der Waals surface area contributed by atoms with Crippen LogP contribution in [0.1, 0.15) is 48.9 Å². The average Bonchev–Trinajstić information content (AvgIpc) is 3.11. The minimum absolute atomic E-state index is 0.0924. The molecule has 6 nitrogen and oxygen atoms in total. The highest BCUT2D eigenvalue weighted by atomic mass is 16.2. The van der Waals surface area contributed by atoms with Gasteiger partial charge >= 0.3 is 0 Å². The summed E-state index contributed by atoms with van der Waals surface area (Å²) in [5, 5.41) is 21.8. The number of carbonyl (C=O) groups excluding carboxylic acids is 1. The summed E-state index contributed by atoms with van der Waals surface area (Å²) in [4.78, 5) is 16.9. The SMILES string of the molecule is C[C@H](NC(=O)Cn1cnc2cccc(C#N)c21)c1ccc(C2(C#N)CCC2)cc1. The summed E-state index contributed by atoms with van der Waals surface area (Å²) in [6, 6.07) is 17.7. The average molecular weight is 383 g/mol. The predicted molar refractivity (Wildman–Crippen MR) is 109 cm³/mol. The van der Waals surface area contributed by atoms with Gasteiger partial charge in [-0.3, -0.25) is 4.79 Å². The highest BCUT2D eigenvalue weighted by Crippen LogP contribution is 2.43. The van der Waals surface area contributed by atoms with Crippen molar-refractivity contribution >= 4 is 16.9 Å². The van der Waals surface area contributed by atoms with E-state index in [1.165, 1.54) is 0 Å². The Balaban J connectivity index is 1.45. The zero-order valence-corrected chi connectivity index (χ0v) is 16.2. The molecule has 0 radical (unpaired) electrons. The largest absolute Gasteiger partial charge is 0.348 e. The maximum absolute atomic E-state index is 12.6. The second kappa shape index (κ2) is 7.41. The molecule has 1 amide bonds. The van der Waals surface area contributed by atoms with Gasteiger partial charge in [0.05, 0.1) is 40.5 Å². The van der Waals surface area contributed by atoms with Crippen molar-refractivity contribution in [2.75, 3.05) is 0 Å². The Morgan fingerprint density at radius 1 is 1.24 bits per heavy atom. The van der Waals surface area contributed by atoms with E-state index in [-0.39, 0.29) is 23.9 Å². The van der Waals surface area contributed by atoms with E-state index in [0.29, 0.717) is 16.6 Å². The van der Waals surface area contributed by atoms with E-state index in [1.54, 1.807) is 23.0 Å². The number of rotatable bonds is 5. The first-order valence-electron chi connectivity index (χ1n) is 9.71. The third-order valence-corrected chi connectivity index (χ3v) is 5.83. The van der Waals surface area contributed by atoms with Crippen molar-refractivity contribution in [1.29, 1.82) is 10.5 Å². The Morgan fingerprint density at radius 3 is 2.62 bits per heavy atom. The number of hydrogen-bond acceptors (Lipinski definition) is 4. The number of imidazole rings is 1. The van der Waals surface area contributed by atoms with E-state index in [4.69, 9.17) is 0 Å². The number of nitrogens with zero attached hydrogens (tertiary/aromatic N) is 4. The van der Waals surface area contributed by atoms with Gasteiger partial charge in [-0.05, 0) is 49.4 Å². The molecule has 0 aliphatic heterocycles. The molecule has 1 atom stereocenters. The molecule has 1 fully saturated rings. The Kier molecular flexibility index (Phi) is 4.78. The molecule has 3 aromatic rings. The fourth-order valence-electron chi connectivity index (χ4n) is 3.95. The molecule has 1 aliphatic carbocycles. The summed E-state index contributed by atoms with van der Waals surface area (Å²) in [6.07, 6.45) is 4.51. The van der Waals surface area contributed by atoms with Gasteiger partial charge in [-0.25, -0.2) is 4.98 Å². The van der Waals surface area contributed by atoms with Crippen LogP contribution in [0.2, 0.25) is 0 Å². The quantitative estimate of drug-likeness (QED) is 0.726. The van der Waals surface area contributed by atoms with Gasteiger partial charge in [-0.1, -0.05) is 30.3 Å². The summed E-state index contributed by atoms with van der Waals surface area (Å²) in [5.74, 6) is -0.152. The zero-order valence-electron chi connectivity index (χ0n) is 16.2. The van der Waals surface area contributed by atoms with Crippen LogP contribution in [0, 0.1) is 22.7 Å². The molecule has 6 heteroatoms. The lowest BCUT2D eigenvalue weighted by atomic mass is 9.65. The van der Waals surface area contributed by atoms with Crippen LogP contribution in [0.4, 0.5) is 0 Å². The molecular formula is C23H21N5O. The summed E-state index contributed by atoms with van der Waals surface area (Å²) >= 11 is 0. The molecule has 0 unspecified atom stereocenters. The third kappa shape index (κ3) is 3.34. The first kappa shape index (κ1) is 18.7. The molecule has 4 rings (SSSR count). The molecular weight excluding hydrogens is 362 g/mol. The number of benzene rings is 2. The lowest BCUT2D eigenvalue weighted by Crippen LogP contribution is -2.32. The number of fused-ring (bicyclic) bond motifs is 1. The van der Waals surface area contributed by atoms with Crippen LogP contribution >= 0.6 is 0 Å². The van der Waals surface area contributed by atoms with Crippen LogP contribution in [0.15, 0.2) is 48.8 Å². The van der Waals surface area contributed by atoms with Crippen molar-refractivity contribution < 1.29 is 4.79 Å². The second-order valence-electron chi connectivity index (χ2n) is 7.62. The Hall–Kier alpha value is -3.64. The molecule has 29 heavy (non-hydrogen) atoms. The summed E-state index contributed by atoms with van der Waals surface area (Å²) in [6.45, 7) is 2.03. The number of para-hydroxylation sites is 1. The van der Waals surface area contributed by atoms with E-state index in [2.05, 4.69) is 22.4 Å². The zero-order chi connectivity index (χ0) is 20.4. The first-order chi connectivity index (χ1) is 14.1. The number of nitriles is 2. The molecule has 0 saturated heterocycles. The summed E-state index contributed by atoms with van der Waals surface area (Å²) in [5.41, 5.74) is 3.59. The molecule has 1 heterocycles. The number of aromatic nitrogens is 2. The fourth-order valence-corrected chi connectivity index (χ4v) is 3.95. The molecule has 0 spiro atoms. The van der Waals surface area contributed by atoms with Crippen molar-refractivity contribution in [3.63, 3.8) is 0 Å². The smallest absolute Gasteiger partial charge is 0.240 e. The number of carbonyl (C=O) groups is 1. The minimum Gasteiger partial charge on any atom is -0.348 e. The van der Waals surface area contributed by atoms with Gasteiger partial charge in [0.15, 0.2) is 0 Å². The van der Waals surface area contributed by atoms with E-state index in [0.717, 1.165) is 30.4 Å². The number of amides is 1. The summed E-state index contributed by atoms with van der Waals surface area (Å²) in [7, 11) is 0. The van der Waals surface area contributed by atoms with Crippen LogP contribution in [-0.4, -0.2) is 15.5 Å². The van der Waals surface area contributed by atoms with E-state index in [1.807, 2.05) is 37.3 Å². The lowest BCUT2D eigenvalue weighted by molar-refractivity contribution is -0.122. The van der Waals surface area contributed by atoms with E-state index < -0.39 is 0 Å². The Morgan fingerprint density at radius 2 is 2.00 bits per heavy atom. The topological polar surface area (TPSA) is 94.5 Å². The standard InChI is InChI=1S/C23H21N5O/c1-16(17-6-8-19(9-7-17)23(14-25)10-3-11-23)27-21(29)13-28-15-26-20-5-2-4-18(12-24)22(20)28/h2,4-9,15-16H,3,10-11,13H2,1H3,(H,27,29)/t16-/m0/s1. The van der Waals surface area contributed by atoms with Gasteiger partial charge in [0.25, 0.3) is 0 Å². The normalized spacial score (nSPS) is 15.7. The monoisotopic (exact) mass is 383 g/mol. The first-order valence-corrected chi connectivity index (χ1v) is 9.71. The maximum atomic E-state index is 12.6. The highest BCUT2D eigenvalue weighted by molar-refractivity contribution is 5.84. The van der Waals surface area contributed by atoms with Crippen LogP contribution < -0.4 is 5.32 Å². The highest BCUT2D eigenvalue weighted by Gasteiger charge is 2.38. The van der Waals surface area contributed by atoms with Crippen molar-refractivity contribution in [3.05, 3.63) is 65.5 Å². The second-order valence-corrected chi connectivity index (χ2v) is 7.62. The lowest BCUT2D eigenvalue weighted by Gasteiger charge is -2.35. The molecule has 1 saturated carbocycles. The number of hydrogen-bond donors (Lipinski definition) is 1. The molecule has 1 aliphatic rings. The van der Waals surface area contributed by atoms with Crippen LogP contribution in [0.3, 0.4) is 0 Å². The van der Waals surface area contributed by atoms with Crippen molar-refractivity contribution in [3.8, 4) is 12.1 Å². The Bertz CT molecular complexity index is 1140. The number of nitrogens with one attached hydrogen (secondary N) is 1. The van der Waals surface area contributed by atoms with Crippen LogP contribution in [0.25, 0.3) is 11.0 Å². The van der Waals surface area contributed by atoms with Gasteiger partial charge < -0.3 is 9.88 Å². The molecule has 0 bridgehead atoms. The summed E-state index contributed by atoms with van der Waals surface area (Å²) < 4.78 is 1.70. The molecule has 1 N–H and O–H groups in total. The molecule has 1 aromatic heterocycles. The third-order valence-electron chi connectivity index (χ3n) is 5.83. The van der Waals surface area contributed by atoms with E-state index >= 15 is 0 Å². The fraction of sp³-hybridized carbons (Fsp3) is 0.304. The van der Waals surface area contributed by atoms with Gasteiger partial charge in [-0.2, -0.15) is 10.5 Å². The van der Waals surface area contributed by atoms with Crippen LogP contribution in [0.5, 0.6) is 0 Å². The van der Waals surface area contributed by atoms with Crippen molar-refractivity contribution in [2.24, 2.45) is 0 Å². The van der Waals surface area contributed by atoms with Gasteiger partial charge in [0.2, 0.25) is 5.91 Å². The predicted octanol–water partition coefficient (Wildman–Crippen LogP) is 3.73. The molecule has 2 aromatic carbocycles. The van der Waals surface area contributed by atoms with Gasteiger partial charge in [0.1, 0.15) is 12.6 Å². The molecule has 144 valence electrons. The van der Waals surface area contributed by atoms with Crippen molar-refractivity contribution in [1.82, 2.24) is 14.9 Å². The van der Waals surface area contributed by atoms with Crippen molar-refractivity contribution in [2.45, 2.75) is 44.2 Å². The minimum atomic E-state index is -0.327. The Labute approximate surface area is 169 Å². The van der Waals surface area contributed by atoms with Gasteiger partial charge in [-0.15, -0.1) is 0 Å². The maximum Gasteiger partial charge on any atom is 0.240 e. The van der Waals surface area contributed by atoms with Gasteiger partial charge in [0, 0.05) is 0 Å². The van der Waals surface area contributed by atoms with Crippen LogP contribution in [-0.2, 0) is 16.8 Å². The van der Waals surface area contributed by atoms with E-state index in [9.17, 15) is 15.3 Å².